The molecule has 2 aromatic heterocycles. The van der Waals surface area contributed by atoms with Crippen molar-refractivity contribution in [3.05, 3.63) is 65.1 Å². The van der Waals surface area contributed by atoms with Gasteiger partial charge in [-0.15, -0.1) is 0 Å². The molecule has 2 bridgehead atoms. The minimum Gasteiger partial charge on any atom is -0.356 e. The molecule has 2 aliphatic heterocycles. The van der Waals surface area contributed by atoms with Gasteiger partial charge in [0.15, 0.2) is 5.82 Å². The van der Waals surface area contributed by atoms with Crippen LogP contribution in [0.1, 0.15) is 66.5 Å². The van der Waals surface area contributed by atoms with Crippen LogP contribution < -0.4 is 4.90 Å². The number of aromatic nitrogens is 5. The van der Waals surface area contributed by atoms with Crippen LogP contribution in [0.5, 0.6) is 0 Å². The Morgan fingerprint density at radius 3 is 2.56 bits per heavy atom. The maximum absolute atomic E-state index is 13.4. The highest BCUT2D eigenvalue weighted by Crippen LogP contribution is 2.44. The summed E-state index contributed by atoms with van der Waals surface area (Å²) in [6.07, 6.45) is 3.24. The van der Waals surface area contributed by atoms with E-state index in [2.05, 4.69) is 20.9 Å². The van der Waals surface area contributed by atoms with E-state index in [4.69, 9.17) is 10.1 Å². The lowest BCUT2D eigenvalue weighted by Gasteiger charge is -2.38. The summed E-state index contributed by atoms with van der Waals surface area (Å²) in [4.78, 5) is 16.1. The number of anilines is 1. The fourth-order valence-electron chi connectivity index (χ4n) is 6.58. The molecule has 36 heavy (non-hydrogen) atoms. The third-order valence-corrected chi connectivity index (χ3v) is 8.35. The first-order valence-corrected chi connectivity index (χ1v) is 13.0. The lowest BCUT2D eigenvalue weighted by Crippen LogP contribution is -2.43. The van der Waals surface area contributed by atoms with Crippen LogP contribution in [0.2, 0.25) is 0 Å². The van der Waals surface area contributed by atoms with Crippen molar-refractivity contribution in [3.8, 4) is 0 Å². The van der Waals surface area contributed by atoms with Gasteiger partial charge in [-0.1, -0.05) is 24.6 Å². The number of piperidine rings is 1. The molecule has 1 aliphatic carbocycles. The zero-order chi connectivity index (χ0) is 24.9. The minimum absolute atomic E-state index is 0.157. The van der Waals surface area contributed by atoms with Gasteiger partial charge in [-0.25, -0.2) is 19.6 Å². The van der Waals surface area contributed by atoms with E-state index in [0.717, 1.165) is 74.5 Å². The molecule has 1 saturated heterocycles. The van der Waals surface area contributed by atoms with Crippen LogP contribution in [0.4, 0.5) is 19.0 Å². The molecule has 9 heteroatoms. The number of halogens is 3. The number of hydrogen-bond donors (Lipinski definition) is 0. The van der Waals surface area contributed by atoms with Crippen molar-refractivity contribution in [2.75, 3.05) is 18.0 Å². The number of alkyl halides is 3. The van der Waals surface area contributed by atoms with E-state index in [0.29, 0.717) is 23.3 Å². The molecule has 3 aromatic rings. The third kappa shape index (κ3) is 4.48. The van der Waals surface area contributed by atoms with Crippen molar-refractivity contribution < 1.29 is 13.2 Å². The average Bonchev–Trinajstić information content (AvgIpc) is 3.25. The smallest absolute Gasteiger partial charge is 0.356 e. The van der Waals surface area contributed by atoms with E-state index >= 15 is 0 Å². The Hall–Kier alpha value is -2.97. The van der Waals surface area contributed by atoms with Gasteiger partial charge in [0.25, 0.3) is 0 Å². The number of fused-ring (bicyclic) bond motifs is 3. The molecule has 0 radical (unpaired) electrons. The van der Waals surface area contributed by atoms with Crippen molar-refractivity contribution in [3.63, 3.8) is 0 Å². The van der Waals surface area contributed by atoms with Crippen LogP contribution in [0, 0.1) is 24.7 Å². The quantitative estimate of drug-likeness (QED) is 0.483. The summed E-state index contributed by atoms with van der Waals surface area (Å²) in [5, 5.41) is 4.89. The Kier molecular flexibility index (Phi) is 5.96. The van der Waals surface area contributed by atoms with Crippen molar-refractivity contribution >= 4 is 5.82 Å². The fourth-order valence-corrected chi connectivity index (χ4v) is 6.58. The number of nitrogens with zero attached hydrogens (tertiary/aromatic N) is 6. The van der Waals surface area contributed by atoms with Crippen molar-refractivity contribution in [1.29, 1.82) is 0 Å². The maximum atomic E-state index is 13.4. The first-order chi connectivity index (χ1) is 17.3. The molecule has 4 heterocycles. The topological polar surface area (TPSA) is 59.7 Å². The Morgan fingerprint density at radius 2 is 1.81 bits per heavy atom. The Balaban J connectivity index is 1.22. The molecule has 3 aliphatic rings. The summed E-state index contributed by atoms with van der Waals surface area (Å²) in [7, 11) is 0. The SMILES string of the molecule is Cc1cc(N2C[C@H]3CC[C@@H](C2)C3Cc2nc3n(n2)CCCC[C@@H]3c2cccc(C(F)(F)F)c2)ncn1. The largest absolute Gasteiger partial charge is 0.416 e. The van der Waals surface area contributed by atoms with Gasteiger partial charge in [0.1, 0.15) is 18.0 Å². The molecule has 1 saturated carbocycles. The zero-order valence-electron chi connectivity index (χ0n) is 20.5. The molecule has 0 amide bonds. The van der Waals surface area contributed by atoms with Crippen LogP contribution in [-0.4, -0.2) is 37.8 Å². The number of aryl methyl sites for hydroxylation is 2. The molecular weight excluding hydrogens is 465 g/mol. The van der Waals surface area contributed by atoms with E-state index in [-0.39, 0.29) is 5.92 Å². The second-order valence-corrected chi connectivity index (χ2v) is 10.7. The first-order valence-electron chi connectivity index (χ1n) is 13.0. The standard InChI is InChI=1S/C27H31F3N6/c1-17-11-25(32-16-31-17)35-14-19-8-9-20(15-35)23(19)13-24-33-26-22(7-2-3-10-36(26)34-24)18-5-4-6-21(12-18)27(28,29)30/h4-6,11-12,16,19-20,22-23H,2-3,7-10,13-15H2,1H3/t19-,20+,22-,23?/m1/s1. The van der Waals surface area contributed by atoms with Crippen molar-refractivity contribution in [2.45, 2.75) is 64.1 Å². The predicted octanol–water partition coefficient (Wildman–Crippen LogP) is 5.42. The summed E-state index contributed by atoms with van der Waals surface area (Å²) in [5.41, 5.74) is 1.06. The van der Waals surface area contributed by atoms with Gasteiger partial charge in [-0.3, -0.25) is 0 Å². The van der Waals surface area contributed by atoms with E-state index in [1.807, 2.05) is 11.6 Å². The van der Waals surface area contributed by atoms with Crippen LogP contribution in [-0.2, 0) is 19.1 Å². The highest BCUT2D eigenvalue weighted by Gasteiger charge is 2.43. The van der Waals surface area contributed by atoms with E-state index in [1.54, 1.807) is 12.4 Å². The molecular formula is C27H31F3N6. The normalized spacial score (nSPS) is 26.1. The number of benzene rings is 1. The molecule has 190 valence electrons. The summed E-state index contributed by atoms with van der Waals surface area (Å²) in [5.74, 6) is 4.19. The average molecular weight is 497 g/mol. The molecule has 0 spiro atoms. The first kappa shape index (κ1) is 23.4. The Labute approximate surface area is 209 Å². The second-order valence-electron chi connectivity index (χ2n) is 10.7. The highest BCUT2D eigenvalue weighted by molar-refractivity contribution is 5.40. The molecule has 6 nitrogen and oxygen atoms in total. The van der Waals surface area contributed by atoms with E-state index in [9.17, 15) is 13.2 Å². The molecule has 1 unspecified atom stereocenters. The molecule has 4 atom stereocenters. The number of rotatable bonds is 4. The van der Waals surface area contributed by atoms with Gasteiger partial charge >= 0.3 is 6.18 Å². The molecule has 1 aromatic carbocycles. The third-order valence-electron chi connectivity index (χ3n) is 8.35. The minimum atomic E-state index is -4.35. The zero-order valence-corrected chi connectivity index (χ0v) is 20.5. The molecule has 0 N–H and O–H groups in total. The Bertz CT molecular complexity index is 1220. The summed E-state index contributed by atoms with van der Waals surface area (Å²) >= 11 is 0. The van der Waals surface area contributed by atoms with E-state index in [1.165, 1.54) is 25.0 Å². The second kappa shape index (κ2) is 9.16. The van der Waals surface area contributed by atoms with Crippen molar-refractivity contribution in [1.82, 2.24) is 24.7 Å². The number of hydrogen-bond acceptors (Lipinski definition) is 5. The van der Waals surface area contributed by atoms with E-state index < -0.39 is 11.7 Å². The summed E-state index contributed by atoms with van der Waals surface area (Å²) in [6.45, 7) is 4.74. The lowest BCUT2D eigenvalue weighted by atomic mass is 9.82. The molecule has 2 fully saturated rings. The predicted molar refractivity (Wildman–Crippen MR) is 130 cm³/mol. The van der Waals surface area contributed by atoms with Gasteiger partial charge in [0.05, 0.1) is 5.56 Å². The van der Waals surface area contributed by atoms with Gasteiger partial charge in [0.2, 0.25) is 0 Å². The Morgan fingerprint density at radius 1 is 1.00 bits per heavy atom. The van der Waals surface area contributed by atoms with Crippen LogP contribution in [0.15, 0.2) is 36.7 Å². The van der Waals surface area contributed by atoms with Gasteiger partial charge in [-0.2, -0.15) is 18.3 Å². The summed E-state index contributed by atoms with van der Waals surface area (Å²) < 4.78 is 42.1. The highest BCUT2D eigenvalue weighted by atomic mass is 19.4. The van der Waals surface area contributed by atoms with Crippen molar-refractivity contribution in [2.24, 2.45) is 17.8 Å². The lowest BCUT2D eigenvalue weighted by molar-refractivity contribution is -0.137. The van der Waals surface area contributed by atoms with Crippen LogP contribution in [0.3, 0.4) is 0 Å². The molecule has 6 rings (SSSR count). The summed E-state index contributed by atoms with van der Waals surface area (Å²) in [6, 6.07) is 7.80. The van der Waals surface area contributed by atoms with Gasteiger partial charge in [-0.05, 0) is 62.0 Å². The van der Waals surface area contributed by atoms with Crippen LogP contribution in [0.25, 0.3) is 0 Å². The monoisotopic (exact) mass is 496 g/mol. The van der Waals surface area contributed by atoms with Gasteiger partial charge < -0.3 is 4.90 Å². The van der Waals surface area contributed by atoms with Crippen LogP contribution >= 0.6 is 0 Å². The van der Waals surface area contributed by atoms with Gasteiger partial charge in [0, 0.05) is 43.7 Å². The maximum Gasteiger partial charge on any atom is 0.416 e. The fraction of sp³-hybridized carbons (Fsp3) is 0.556.